The topological polar surface area (TPSA) is 35.5 Å². The van der Waals surface area contributed by atoms with Crippen molar-refractivity contribution in [2.75, 3.05) is 13.7 Å². The molecule has 0 unspecified atom stereocenters. The summed E-state index contributed by atoms with van der Waals surface area (Å²) in [6.45, 7) is 0.241. The quantitative estimate of drug-likeness (QED) is 0.262. The maximum absolute atomic E-state index is 11.9. The molecule has 0 bridgehead atoms. The number of halogens is 1. The second-order valence-corrected chi connectivity index (χ2v) is 4.74. The highest BCUT2D eigenvalue weighted by molar-refractivity contribution is 6.30. The van der Waals surface area contributed by atoms with Crippen LogP contribution in [0, 0.1) is 0 Å². The Morgan fingerprint density at radius 3 is 2.19 bits per heavy atom. The van der Waals surface area contributed by atoms with E-state index in [2.05, 4.69) is 9.78 Å². The molecule has 0 fully saturated rings. The zero-order chi connectivity index (χ0) is 15.1. The van der Waals surface area contributed by atoms with Crippen LogP contribution in [0.15, 0.2) is 60.7 Å². The zero-order valence-corrected chi connectivity index (χ0v) is 12.3. The second-order valence-electron chi connectivity index (χ2n) is 4.30. The summed E-state index contributed by atoms with van der Waals surface area (Å²) < 4.78 is 0. The summed E-state index contributed by atoms with van der Waals surface area (Å²) in [6.07, 6.45) is 3.08. The smallest absolute Gasteiger partial charge is 0.185 e. The second kappa shape index (κ2) is 7.74. The Labute approximate surface area is 128 Å². The Balaban J connectivity index is 2.06. The van der Waals surface area contributed by atoms with Gasteiger partial charge < -0.3 is 0 Å². The van der Waals surface area contributed by atoms with E-state index >= 15 is 0 Å². The van der Waals surface area contributed by atoms with E-state index in [4.69, 9.17) is 11.6 Å². The minimum absolute atomic E-state index is 0.0719. The predicted octanol–water partition coefficient (Wildman–Crippen LogP) is 4.32. The summed E-state index contributed by atoms with van der Waals surface area (Å²) >= 11 is 5.87. The standard InChI is InChI=1S/C17H15ClO3/c1-20-21-12-2-3-17(19)15-6-4-13(5-7-15)14-8-10-16(18)11-9-14/h2-11H,12H2,1H3. The van der Waals surface area contributed by atoms with Gasteiger partial charge >= 0.3 is 0 Å². The van der Waals surface area contributed by atoms with E-state index in [0.29, 0.717) is 10.6 Å². The first-order chi connectivity index (χ1) is 10.2. The molecule has 0 spiro atoms. The SMILES string of the molecule is COOCC=CC(=O)c1ccc(-c2ccc(Cl)cc2)cc1. The number of benzene rings is 2. The van der Waals surface area contributed by atoms with Crippen molar-refractivity contribution < 1.29 is 14.6 Å². The minimum Gasteiger partial charge on any atom is -0.289 e. The number of hydrogen-bond donors (Lipinski definition) is 0. The van der Waals surface area contributed by atoms with Crippen LogP contribution in [0.1, 0.15) is 10.4 Å². The zero-order valence-electron chi connectivity index (χ0n) is 11.6. The van der Waals surface area contributed by atoms with Crippen molar-refractivity contribution in [3.05, 3.63) is 71.3 Å². The van der Waals surface area contributed by atoms with Gasteiger partial charge in [-0.2, -0.15) is 0 Å². The minimum atomic E-state index is -0.0719. The fourth-order valence-electron chi connectivity index (χ4n) is 1.83. The monoisotopic (exact) mass is 302 g/mol. The van der Waals surface area contributed by atoms with E-state index in [1.54, 1.807) is 18.2 Å². The van der Waals surface area contributed by atoms with E-state index in [9.17, 15) is 4.79 Å². The Morgan fingerprint density at radius 2 is 1.62 bits per heavy atom. The predicted molar refractivity (Wildman–Crippen MR) is 83.3 cm³/mol. The molecular weight excluding hydrogens is 288 g/mol. The van der Waals surface area contributed by atoms with Crippen LogP contribution in [-0.4, -0.2) is 19.5 Å². The lowest BCUT2D eigenvalue weighted by molar-refractivity contribution is -0.263. The van der Waals surface area contributed by atoms with Gasteiger partial charge in [0.05, 0.1) is 7.11 Å². The molecule has 2 aromatic carbocycles. The van der Waals surface area contributed by atoms with Gasteiger partial charge in [-0.1, -0.05) is 54.1 Å². The van der Waals surface area contributed by atoms with Crippen molar-refractivity contribution in [1.82, 2.24) is 0 Å². The highest BCUT2D eigenvalue weighted by Gasteiger charge is 2.03. The summed E-state index contributed by atoms with van der Waals surface area (Å²) in [5, 5.41) is 0.703. The molecule has 0 amide bonds. The fraction of sp³-hybridized carbons (Fsp3) is 0.118. The Bertz CT molecular complexity index is 615. The van der Waals surface area contributed by atoms with E-state index in [1.807, 2.05) is 36.4 Å². The first-order valence-electron chi connectivity index (χ1n) is 6.43. The average molecular weight is 303 g/mol. The van der Waals surface area contributed by atoms with Gasteiger partial charge in [0.25, 0.3) is 0 Å². The summed E-state index contributed by atoms with van der Waals surface area (Å²) in [4.78, 5) is 21.0. The van der Waals surface area contributed by atoms with Gasteiger partial charge in [0.1, 0.15) is 6.61 Å². The van der Waals surface area contributed by atoms with Gasteiger partial charge in [-0.3, -0.25) is 4.79 Å². The number of carbonyl (C=O) groups excluding carboxylic acids is 1. The maximum Gasteiger partial charge on any atom is 0.185 e. The van der Waals surface area contributed by atoms with Gasteiger partial charge in [0, 0.05) is 10.6 Å². The summed E-state index contributed by atoms with van der Waals surface area (Å²) in [7, 11) is 1.42. The molecule has 0 aromatic heterocycles. The number of allylic oxidation sites excluding steroid dienone is 1. The molecular formula is C17H15ClO3. The van der Waals surface area contributed by atoms with Crippen LogP contribution in [-0.2, 0) is 9.78 Å². The number of ketones is 1. The van der Waals surface area contributed by atoms with Gasteiger partial charge in [0.15, 0.2) is 5.78 Å². The van der Waals surface area contributed by atoms with Crippen molar-refractivity contribution in [3.63, 3.8) is 0 Å². The lowest BCUT2D eigenvalue weighted by atomic mass is 10.0. The van der Waals surface area contributed by atoms with E-state index in [1.165, 1.54) is 13.2 Å². The van der Waals surface area contributed by atoms with Crippen molar-refractivity contribution in [2.45, 2.75) is 0 Å². The molecule has 0 aliphatic carbocycles. The molecule has 108 valence electrons. The summed E-state index contributed by atoms with van der Waals surface area (Å²) in [5.74, 6) is -0.0719. The van der Waals surface area contributed by atoms with Crippen LogP contribution in [0.4, 0.5) is 0 Å². The molecule has 0 heterocycles. The first kappa shape index (κ1) is 15.4. The van der Waals surface area contributed by atoms with Gasteiger partial charge in [-0.15, -0.1) is 0 Å². The Hall–Kier alpha value is -1.94. The number of rotatable bonds is 6. The highest BCUT2D eigenvalue weighted by Crippen LogP contribution is 2.22. The molecule has 0 radical (unpaired) electrons. The van der Waals surface area contributed by atoms with Crippen LogP contribution in [0.2, 0.25) is 5.02 Å². The number of hydrogen-bond acceptors (Lipinski definition) is 3. The van der Waals surface area contributed by atoms with Crippen molar-refractivity contribution >= 4 is 17.4 Å². The average Bonchev–Trinajstić information content (AvgIpc) is 2.52. The van der Waals surface area contributed by atoms with E-state index in [-0.39, 0.29) is 12.4 Å². The molecule has 2 aromatic rings. The molecule has 2 rings (SSSR count). The van der Waals surface area contributed by atoms with Gasteiger partial charge in [0.2, 0.25) is 0 Å². The van der Waals surface area contributed by atoms with Crippen LogP contribution >= 0.6 is 11.6 Å². The van der Waals surface area contributed by atoms with Crippen LogP contribution in [0.5, 0.6) is 0 Å². The Morgan fingerprint density at radius 1 is 1.05 bits per heavy atom. The lowest BCUT2D eigenvalue weighted by Crippen LogP contribution is -1.95. The summed E-state index contributed by atoms with van der Waals surface area (Å²) in [5.41, 5.74) is 2.72. The molecule has 0 saturated heterocycles. The van der Waals surface area contributed by atoms with Crippen LogP contribution in [0.25, 0.3) is 11.1 Å². The largest absolute Gasteiger partial charge is 0.289 e. The lowest BCUT2D eigenvalue weighted by Gasteiger charge is -2.03. The Kier molecular flexibility index (Phi) is 5.69. The van der Waals surface area contributed by atoms with Crippen molar-refractivity contribution in [3.8, 4) is 11.1 Å². The van der Waals surface area contributed by atoms with E-state index < -0.39 is 0 Å². The molecule has 0 atom stereocenters. The number of carbonyl (C=O) groups is 1. The van der Waals surface area contributed by atoms with Crippen molar-refractivity contribution in [2.24, 2.45) is 0 Å². The third-order valence-electron chi connectivity index (χ3n) is 2.90. The third-order valence-corrected chi connectivity index (χ3v) is 3.15. The molecule has 0 N–H and O–H groups in total. The van der Waals surface area contributed by atoms with Crippen LogP contribution in [0.3, 0.4) is 0 Å². The van der Waals surface area contributed by atoms with Crippen molar-refractivity contribution in [1.29, 1.82) is 0 Å². The highest BCUT2D eigenvalue weighted by atomic mass is 35.5. The molecule has 0 aliphatic heterocycles. The van der Waals surface area contributed by atoms with Crippen LogP contribution < -0.4 is 0 Å². The molecule has 0 saturated carbocycles. The van der Waals surface area contributed by atoms with Gasteiger partial charge in [-0.05, 0) is 29.3 Å². The maximum atomic E-state index is 11.9. The van der Waals surface area contributed by atoms with E-state index in [0.717, 1.165) is 11.1 Å². The summed E-state index contributed by atoms with van der Waals surface area (Å²) in [6, 6.07) is 15.0. The molecule has 3 nitrogen and oxygen atoms in total. The third kappa shape index (κ3) is 4.53. The van der Waals surface area contributed by atoms with Gasteiger partial charge in [-0.25, -0.2) is 9.78 Å². The molecule has 0 aliphatic rings. The molecule has 21 heavy (non-hydrogen) atoms. The first-order valence-corrected chi connectivity index (χ1v) is 6.81. The molecule has 4 heteroatoms. The normalized spacial score (nSPS) is 11.0. The fourth-order valence-corrected chi connectivity index (χ4v) is 1.95.